The molecule has 8 aromatic rings. The molecule has 0 saturated heterocycles. The Morgan fingerprint density at radius 1 is 0.512 bits per heavy atom. The van der Waals surface area contributed by atoms with Crippen LogP contribution in [0.2, 0.25) is 0 Å². The Morgan fingerprint density at radius 2 is 0.930 bits per heavy atom. The Kier molecular flexibility index (Phi) is 24.9. The molecule has 7 aliphatic rings. The number of aryl methyl sites for hydroxylation is 3. The summed E-state index contributed by atoms with van der Waals surface area (Å²) in [5.74, 6) is 4.35. The number of fused-ring (bicyclic) bond motifs is 3. The highest BCUT2D eigenvalue weighted by atomic mass is 16.5. The monoisotopic (exact) mass is 1150 g/mol. The van der Waals surface area contributed by atoms with Gasteiger partial charge in [-0.15, -0.1) is 0 Å². The molecule has 9 heteroatoms. The maximum atomic E-state index is 10.1. The summed E-state index contributed by atoms with van der Waals surface area (Å²) in [5.41, 5.74) is 57.1. The summed E-state index contributed by atoms with van der Waals surface area (Å²) in [4.78, 5) is 0. The van der Waals surface area contributed by atoms with Crippen LogP contribution in [0, 0.1) is 17.8 Å². The van der Waals surface area contributed by atoms with Gasteiger partial charge in [-0.2, -0.15) is 0 Å². The first-order valence-corrected chi connectivity index (χ1v) is 31.8. The van der Waals surface area contributed by atoms with Gasteiger partial charge in [0, 0.05) is 42.2 Å². The van der Waals surface area contributed by atoms with Crippen molar-refractivity contribution in [2.75, 3.05) is 7.11 Å². The summed E-state index contributed by atoms with van der Waals surface area (Å²) in [5, 5.41) is 10.1. The number of nitrogens with two attached hydrogens (primary N) is 7. The number of benzene rings is 8. The maximum Gasteiger partial charge on any atom is 0.122 e. The quantitative estimate of drug-likeness (QED) is 0.0690. The van der Waals surface area contributed by atoms with Crippen LogP contribution in [0.5, 0.6) is 5.75 Å². The molecule has 8 aromatic carbocycles. The number of aliphatic hydroxyl groups is 1. The van der Waals surface area contributed by atoms with E-state index in [1.165, 1.54) is 101 Å². The molecule has 0 aromatic heterocycles. The van der Waals surface area contributed by atoms with Crippen LogP contribution < -0.4 is 44.9 Å². The van der Waals surface area contributed by atoms with Crippen LogP contribution in [0.3, 0.4) is 0 Å². The summed E-state index contributed by atoms with van der Waals surface area (Å²) in [6.45, 7) is 4.88. The highest BCUT2D eigenvalue weighted by Gasteiger charge is 2.48. The molecule has 6 atom stereocenters. The lowest BCUT2D eigenvalue weighted by molar-refractivity contribution is 0.000362. The predicted octanol–water partition coefficient (Wildman–Crippen LogP) is 14.3. The molecule has 454 valence electrons. The second kappa shape index (κ2) is 32.8. The Hall–Kier alpha value is -6.76. The lowest BCUT2D eigenvalue weighted by Gasteiger charge is -2.55. The van der Waals surface area contributed by atoms with E-state index in [9.17, 15) is 5.11 Å². The van der Waals surface area contributed by atoms with Crippen LogP contribution in [-0.2, 0) is 38.6 Å². The van der Waals surface area contributed by atoms with Crippen molar-refractivity contribution >= 4 is 0 Å². The molecule has 4 saturated carbocycles. The van der Waals surface area contributed by atoms with Crippen molar-refractivity contribution in [3.63, 3.8) is 0 Å². The molecule has 4 fully saturated rings. The van der Waals surface area contributed by atoms with Crippen molar-refractivity contribution < 1.29 is 9.84 Å². The average Bonchev–Trinajstić information content (AvgIpc) is 4.39. The van der Waals surface area contributed by atoms with E-state index in [0.717, 1.165) is 78.7 Å². The van der Waals surface area contributed by atoms with Gasteiger partial charge in [-0.1, -0.05) is 220 Å². The van der Waals surface area contributed by atoms with E-state index in [1.807, 2.05) is 97.1 Å². The van der Waals surface area contributed by atoms with Crippen molar-refractivity contribution in [3.8, 4) is 5.75 Å². The fourth-order valence-electron chi connectivity index (χ4n) is 14.0. The smallest absolute Gasteiger partial charge is 0.122 e. The Bertz CT molecular complexity index is 3000. The third-order valence-corrected chi connectivity index (χ3v) is 18.4. The number of aliphatic hydroxyl groups excluding tert-OH is 1. The topological polar surface area (TPSA) is 212 Å². The maximum absolute atomic E-state index is 10.1. The Balaban J connectivity index is 0.000000131. The van der Waals surface area contributed by atoms with Gasteiger partial charge in [0.15, 0.2) is 0 Å². The number of hydrogen-bond donors (Lipinski definition) is 8. The summed E-state index contributed by atoms with van der Waals surface area (Å²) < 4.78 is 5.19. The number of methoxy groups -OCH3 is 1. The Morgan fingerprint density at radius 3 is 1.38 bits per heavy atom. The van der Waals surface area contributed by atoms with Gasteiger partial charge < -0.3 is 50.0 Å². The second-order valence-electron chi connectivity index (χ2n) is 24.9. The SMILES string of the molecule is CCc1cc(CN)ccc1OC.C[C@@H](c1ccccc1)[C@H](N)c1ccccc1.NC12CC3CC(CC(C3)C1)C2.NC1Cc2ccccc2C1.N[C@@H](c1ccccc1)[C@H](O)c1ccccc1.N[C@H]1CCCc2ccccc21.N[C@H]1CCc2ccccc21. The molecule has 0 amide bonds. The van der Waals surface area contributed by atoms with Gasteiger partial charge in [0.25, 0.3) is 0 Å². The second-order valence-corrected chi connectivity index (χ2v) is 24.9. The zero-order valence-electron chi connectivity index (χ0n) is 51.5. The molecule has 4 bridgehead atoms. The molecule has 0 radical (unpaired) electrons. The normalized spacial score (nSPS) is 22.0. The van der Waals surface area contributed by atoms with E-state index >= 15 is 0 Å². The molecule has 0 unspecified atom stereocenters. The van der Waals surface area contributed by atoms with Gasteiger partial charge in [0.1, 0.15) is 5.75 Å². The minimum absolute atomic E-state index is 0.0589. The van der Waals surface area contributed by atoms with Crippen molar-refractivity contribution in [2.45, 2.75) is 158 Å². The number of rotatable bonds is 9. The van der Waals surface area contributed by atoms with Gasteiger partial charge in [-0.25, -0.2) is 0 Å². The van der Waals surface area contributed by atoms with E-state index in [1.54, 1.807) is 7.11 Å². The molecule has 86 heavy (non-hydrogen) atoms. The van der Waals surface area contributed by atoms with Gasteiger partial charge in [-0.05, 0) is 180 Å². The first-order chi connectivity index (χ1) is 41.7. The lowest BCUT2D eigenvalue weighted by atomic mass is 9.53. The molecule has 15 N–H and O–H groups in total. The van der Waals surface area contributed by atoms with Crippen molar-refractivity contribution in [3.05, 3.63) is 279 Å². The van der Waals surface area contributed by atoms with Crippen molar-refractivity contribution in [1.29, 1.82) is 0 Å². The predicted molar refractivity (Wildman–Crippen MR) is 358 cm³/mol. The molecule has 15 rings (SSSR count). The third kappa shape index (κ3) is 18.6. The highest BCUT2D eigenvalue weighted by molar-refractivity contribution is 5.38. The minimum atomic E-state index is -0.663. The molecule has 9 nitrogen and oxygen atoms in total. The standard InChI is InChI=1S/C15H17N.C14H15NO.C10H15NO.C10H17N.C10H13N.2C9H11N/c1-12(13-8-4-2-5-9-13)15(16)14-10-6-3-7-11-14;15-13(11-7-3-1-4-8-11)14(16)12-9-5-2-6-10-12;1-3-9-6-8(7-11)4-5-10(9)12-2;11-10-4-7-1-8(5-10)3-9(2-7)6-10;11-10-7-3-5-8-4-1-2-6-9(8)10;10-9-5-7-3-1-2-4-8(7)6-9;10-9-6-5-7-3-1-2-4-8(7)9/h2-12,15H,16H2,1H3;1-10,13-14,16H,15H2;4-6H,3,7,11H2,1-2H3;7-9H,1-6,11H2;1-2,4,6,10H,3,5,7,11H2;2*1-4,9H,5-6,10H2/t12-,15-;13-,14+;;;10-;;9-/m00..0.0/s1. The summed E-state index contributed by atoms with van der Waals surface area (Å²) in [6, 6.07) is 72.0. The van der Waals surface area contributed by atoms with Crippen LogP contribution >= 0.6 is 0 Å². The van der Waals surface area contributed by atoms with Crippen LogP contribution in [0.1, 0.15) is 175 Å². The third-order valence-electron chi connectivity index (χ3n) is 18.4. The summed E-state index contributed by atoms with van der Waals surface area (Å²) >= 11 is 0. The molecule has 7 aliphatic carbocycles. The van der Waals surface area contributed by atoms with Crippen LogP contribution in [0.15, 0.2) is 212 Å². The zero-order valence-corrected chi connectivity index (χ0v) is 51.5. The molecular weight excluding hydrogens is 1050 g/mol. The highest BCUT2D eigenvalue weighted by Crippen LogP contribution is 2.54. The van der Waals surface area contributed by atoms with E-state index in [2.05, 4.69) is 129 Å². The van der Waals surface area contributed by atoms with Gasteiger partial charge in [0.2, 0.25) is 0 Å². The number of hydrogen-bond acceptors (Lipinski definition) is 9. The first-order valence-electron chi connectivity index (χ1n) is 31.8. The van der Waals surface area contributed by atoms with Crippen LogP contribution in [0.25, 0.3) is 0 Å². The fraction of sp³-hybridized carbons (Fsp3) is 0.377. The molecule has 0 heterocycles. The number of ether oxygens (including phenoxy) is 1. The van der Waals surface area contributed by atoms with Crippen molar-refractivity contribution in [2.24, 2.45) is 57.9 Å². The molecule has 0 aliphatic heterocycles. The van der Waals surface area contributed by atoms with Crippen LogP contribution in [0.4, 0.5) is 0 Å². The van der Waals surface area contributed by atoms with Gasteiger partial charge >= 0.3 is 0 Å². The van der Waals surface area contributed by atoms with Crippen molar-refractivity contribution in [1.82, 2.24) is 0 Å². The van der Waals surface area contributed by atoms with E-state index in [0.29, 0.717) is 36.1 Å². The molecule has 0 spiro atoms. The van der Waals surface area contributed by atoms with Gasteiger partial charge in [0.05, 0.1) is 19.3 Å². The van der Waals surface area contributed by atoms with E-state index in [-0.39, 0.29) is 12.1 Å². The lowest BCUT2D eigenvalue weighted by Crippen LogP contribution is -2.55. The zero-order chi connectivity index (χ0) is 60.8. The fourth-order valence-corrected chi connectivity index (χ4v) is 14.0. The van der Waals surface area contributed by atoms with Crippen LogP contribution in [-0.4, -0.2) is 23.8 Å². The molecular formula is C77H99N7O2. The van der Waals surface area contributed by atoms with Gasteiger partial charge in [-0.3, -0.25) is 0 Å². The largest absolute Gasteiger partial charge is 0.496 e. The average molecular weight is 1150 g/mol. The summed E-state index contributed by atoms with van der Waals surface area (Å²) in [7, 11) is 1.69. The summed E-state index contributed by atoms with van der Waals surface area (Å²) in [6.07, 6.45) is 16.9. The Labute approximate surface area is 515 Å². The van der Waals surface area contributed by atoms with E-state index < -0.39 is 6.10 Å². The first kappa shape index (κ1) is 65.2. The van der Waals surface area contributed by atoms with E-state index in [4.69, 9.17) is 44.9 Å². The minimum Gasteiger partial charge on any atom is -0.496 e.